The molecule has 5 heterocycles. The molecule has 3 aromatic heterocycles. The number of hydrogen-bond donors (Lipinski definition) is 6. The van der Waals surface area contributed by atoms with E-state index in [0.29, 0.717) is 36.2 Å². The minimum atomic E-state index is -1.40. The zero-order valence-electron chi connectivity index (χ0n) is 24.2. The first-order valence-corrected chi connectivity index (χ1v) is 16.0. The number of carbonyl (C=O) groups is 4. The number of thioether (sulfide) groups is 1. The van der Waals surface area contributed by atoms with Crippen molar-refractivity contribution in [2.45, 2.75) is 50.0 Å². The van der Waals surface area contributed by atoms with Crippen LogP contribution in [0, 0.1) is 0 Å². The quantitative estimate of drug-likeness (QED) is 0.0416. The van der Waals surface area contributed by atoms with Crippen molar-refractivity contribution >= 4 is 86.7 Å². The van der Waals surface area contributed by atoms with Crippen LogP contribution >= 0.6 is 34.7 Å². The molecule has 1 saturated heterocycles. The van der Waals surface area contributed by atoms with E-state index in [1.165, 1.54) is 23.6 Å². The summed E-state index contributed by atoms with van der Waals surface area (Å²) in [7, 11) is 0. The topological polar surface area (TPSA) is 258 Å². The standard InChI is InChI=1S/C26H29ClN10O7S2/c1-11(24(42)43)44-34-17(16-19(27)46-26(30)32-16)21(40)31-18-22(41)37-15(9-39)12(10-45-23(18)37)7-35-5-2-3-14-20(35)33-25(29)36(14)6-4-13(28)8-38/h2-3,5,9,11,13,18,23,29,38H,4,6-8,10,28H2,1H3,(H4,30,31,32,40,42,43)/p+1/b34-17-/t11-,13-,18?,23?/m0/s1. The number of β-lactam (4-membered cyclic amide) rings is 1. The highest BCUT2D eigenvalue weighted by Crippen LogP contribution is 2.40. The van der Waals surface area contributed by atoms with Crippen LogP contribution in [0.15, 0.2) is 34.8 Å². The smallest absolute Gasteiger partial charge is 0.351 e. The number of nitrogens with zero attached hydrogens (tertiary/aromatic N) is 6. The Bertz CT molecular complexity index is 1780. The number of nitrogen functional groups attached to an aromatic ring is 2. The van der Waals surface area contributed by atoms with E-state index in [4.69, 9.17) is 38.7 Å². The normalized spacial score (nSPS) is 19.4. The van der Waals surface area contributed by atoms with Gasteiger partial charge in [-0.15, -0.1) is 11.8 Å². The molecular formula is C26H30ClN10O7S2+. The summed E-state index contributed by atoms with van der Waals surface area (Å²) in [6.45, 7) is 1.74. The summed E-state index contributed by atoms with van der Waals surface area (Å²) in [6.07, 6.45) is 1.48. The maximum absolute atomic E-state index is 13.3. The van der Waals surface area contributed by atoms with Gasteiger partial charge in [0.15, 0.2) is 17.1 Å². The third-order valence-electron chi connectivity index (χ3n) is 7.31. The van der Waals surface area contributed by atoms with Gasteiger partial charge in [0.1, 0.15) is 33.5 Å². The molecule has 5 rings (SSSR count). The Hall–Kier alpha value is -4.30. The van der Waals surface area contributed by atoms with E-state index in [0.717, 1.165) is 16.9 Å². The number of aliphatic hydroxyl groups excluding tert-OH is 1. The number of aliphatic hydroxyl groups is 1. The summed E-state index contributed by atoms with van der Waals surface area (Å²) in [6, 6.07) is 2.22. The molecule has 0 aliphatic carbocycles. The van der Waals surface area contributed by atoms with Crippen molar-refractivity contribution in [1.29, 1.82) is 0 Å². The third-order valence-corrected chi connectivity index (χ3v) is 9.73. The number of hydrogen-bond acceptors (Lipinski definition) is 14. The summed E-state index contributed by atoms with van der Waals surface area (Å²) in [4.78, 5) is 64.9. The van der Waals surface area contributed by atoms with Gasteiger partial charge in [-0.05, 0) is 30.5 Å². The number of amides is 2. The first-order valence-electron chi connectivity index (χ1n) is 13.8. The van der Waals surface area contributed by atoms with Crippen molar-refractivity contribution in [3.8, 4) is 0 Å². The predicted molar refractivity (Wildman–Crippen MR) is 168 cm³/mol. The van der Waals surface area contributed by atoms with Crippen LogP contribution < -0.4 is 27.1 Å². The SMILES string of the molecule is C[C@H](O/N=C(\C(=O)NC1C(=O)N2C(C=O)=C(C[n+]3cccc4c3nc(N)n4CC[C@H](N)CO)CSC12)c1nc(N)sc1Cl)C(=O)O. The van der Waals surface area contributed by atoms with E-state index in [1.54, 1.807) is 10.8 Å². The predicted octanol–water partition coefficient (Wildman–Crippen LogP) is -0.945. The lowest BCUT2D eigenvalue weighted by atomic mass is 10.0. The molecule has 0 saturated carbocycles. The fourth-order valence-electron chi connectivity index (χ4n) is 4.87. The number of carbonyl (C=O) groups excluding carboxylic acids is 3. The lowest BCUT2D eigenvalue weighted by Crippen LogP contribution is -2.70. The molecule has 46 heavy (non-hydrogen) atoms. The number of aldehydes is 1. The van der Waals surface area contributed by atoms with E-state index in [-0.39, 0.29) is 40.0 Å². The summed E-state index contributed by atoms with van der Waals surface area (Å²) in [5.74, 6) is -2.14. The number of aryl methyl sites for hydroxylation is 1. The highest BCUT2D eigenvalue weighted by atomic mass is 35.5. The van der Waals surface area contributed by atoms with Gasteiger partial charge in [0.25, 0.3) is 11.8 Å². The van der Waals surface area contributed by atoms with Gasteiger partial charge in [0.05, 0.1) is 18.5 Å². The fourth-order valence-corrected chi connectivity index (χ4v) is 7.15. The summed E-state index contributed by atoms with van der Waals surface area (Å²) >= 11 is 8.39. The maximum atomic E-state index is 13.3. The number of pyridine rings is 1. The summed E-state index contributed by atoms with van der Waals surface area (Å²) in [5.41, 5.74) is 19.3. The number of carboxylic acids is 1. The number of halogens is 1. The maximum Gasteiger partial charge on any atom is 0.351 e. The lowest BCUT2D eigenvalue weighted by Gasteiger charge is -2.49. The molecule has 2 aliphatic heterocycles. The highest BCUT2D eigenvalue weighted by Gasteiger charge is 2.53. The minimum Gasteiger partial charge on any atom is -0.478 e. The fraction of sp³-hybridized carbons (Fsp3) is 0.385. The van der Waals surface area contributed by atoms with Crippen LogP contribution in [0.3, 0.4) is 0 Å². The Morgan fingerprint density at radius 3 is 2.78 bits per heavy atom. The number of aromatic nitrogens is 4. The molecule has 17 nitrogen and oxygen atoms in total. The van der Waals surface area contributed by atoms with Gasteiger partial charge < -0.3 is 37.6 Å². The number of rotatable bonds is 13. The number of aliphatic carboxylic acids is 1. The molecule has 3 aromatic rings. The second kappa shape index (κ2) is 13.6. The summed E-state index contributed by atoms with van der Waals surface area (Å²) < 4.78 is 3.63. The van der Waals surface area contributed by atoms with Gasteiger partial charge >= 0.3 is 17.6 Å². The average Bonchev–Trinajstić information content (AvgIpc) is 3.54. The average molecular weight is 694 g/mol. The molecule has 0 bridgehead atoms. The van der Waals surface area contributed by atoms with Gasteiger partial charge in [0, 0.05) is 23.9 Å². The molecule has 4 atom stereocenters. The van der Waals surface area contributed by atoms with Crippen LogP contribution in [-0.2, 0) is 37.1 Å². The van der Waals surface area contributed by atoms with Crippen molar-refractivity contribution < 1.29 is 38.8 Å². The van der Waals surface area contributed by atoms with Crippen molar-refractivity contribution in [2.24, 2.45) is 10.9 Å². The molecule has 0 radical (unpaired) electrons. The van der Waals surface area contributed by atoms with E-state index in [9.17, 15) is 24.3 Å². The second-order valence-electron chi connectivity index (χ2n) is 10.4. The van der Waals surface area contributed by atoms with Gasteiger partial charge in [-0.2, -0.15) is 0 Å². The number of carboxylic acid groups (broad SMARTS) is 1. The number of oxime groups is 1. The van der Waals surface area contributed by atoms with Gasteiger partial charge in [0.2, 0.25) is 6.10 Å². The largest absolute Gasteiger partial charge is 0.478 e. The number of nitrogens with two attached hydrogens (primary N) is 3. The van der Waals surface area contributed by atoms with E-state index in [2.05, 4.69) is 20.4 Å². The van der Waals surface area contributed by atoms with Crippen LogP contribution in [-0.4, -0.2) is 95.4 Å². The Balaban J connectivity index is 1.35. The number of imidazole rings is 1. The van der Waals surface area contributed by atoms with Crippen LogP contribution in [0.25, 0.3) is 11.2 Å². The Kier molecular flexibility index (Phi) is 9.77. The van der Waals surface area contributed by atoms with Crippen molar-refractivity contribution in [3.63, 3.8) is 0 Å². The first kappa shape index (κ1) is 33.1. The van der Waals surface area contributed by atoms with Gasteiger partial charge in [-0.1, -0.05) is 28.1 Å². The Labute approximate surface area is 274 Å². The molecule has 244 valence electrons. The zero-order chi connectivity index (χ0) is 33.3. The minimum absolute atomic E-state index is 0.00948. The molecule has 2 amide bonds. The third kappa shape index (κ3) is 6.36. The number of anilines is 2. The Morgan fingerprint density at radius 1 is 1.37 bits per heavy atom. The van der Waals surface area contributed by atoms with Crippen LogP contribution in [0.4, 0.5) is 11.1 Å². The number of nitrogens with one attached hydrogen (secondary N) is 1. The van der Waals surface area contributed by atoms with Crippen LogP contribution in [0.2, 0.25) is 4.34 Å². The number of thiazole rings is 1. The molecule has 2 unspecified atom stereocenters. The van der Waals surface area contributed by atoms with Gasteiger partial charge in [-0.25, -0.2) is 14.3 Å². The monoisotopic (exact) mass is 693 g/mol. The highest BCUT2D eigenvalue weighted by molar-refractivity contribution is 8.00. The molecule has 2 aliphatic rings. The molecule has 0 aromatic carbocycles. The van der Waals surface area contributed by atoms with Crippen molar-refractivity contribution in [1.82, 2.24) is 24.8 Å². The molecule has 1 fully saturated rings. The van der Waals surface area contributed by atoms with Crippen LogP contribution in [0.1, 0.15) is 19.0 Å². The van der Waals surface area contributed by atoms with Crippen LogP contribution in [0.5, 0.6) is 0 Å². The molecular weight excluding hydrogens is 664 g/mol. The molecule has 20 heteroatoms. The van der Waals surface area contributed by atoms with Gasteiger partial charge in [-0.3, -0.25) is 23.9 Å². The number of allylic oxidation sites excluding steroid dienone is 1. The van der Waals surface area contributed by atoms with E-state index in [1.807, 2.05) is 16.7 Å². The zero-order valence-corrected chi connectivity index (χ0v) is 26.6. The van der Waals surface area contributed by atoms with E-state index < -0.39 is 47.1 Å². The number of fused-ring (bicyclic) bond motifs is 2. The van der Waals surface area contributed by atoms with Crippen molar-refractivity contribution in [2.75, 3.05) is 23.8 Å². The van der Waals surface area contributed by atoms with Crippen molar-refractivity contribution in [3.05, 3.63) is 39.6 Å². The molecule has 9 N–H and O–H groups in total. The Morgan fingerprint density at radius 2 is 2.13 bits per heavy atom. The first-order chi connectivity index (χ1) is 21.9. The lowest BCUT2D eigenvalue weighted by molar-refractivity contribution is -0.664. The van der Waals surface area contributed by atoms with E-state index >= 15 is 0 Å². The second-order valence-corrected chi connectivity index (χ2v) is 13.1. The molecule has 0 spiro atoms. The summed E-state index contributed by atoms with van der Waals surface area (Å²) in [5, 5.41) is 24.1.